The summed E-state index contributed by atoms with van der Waals surface area (Å²) in [5, 5.41) is 0. The molecule has 0 aliphatic heterocycles. The zero-order valence-corrected chi connectivity index (χ0v) is 7.92. The lowest BCUT2D eigenvalue weighted by atomic mass is 9.89. The molecule has 0 amide bonds. The van der Waals surface area contributed by atoms with Gasteiger partial charge in [0.1, 0.15) is 13.7 Å². The molecule has 0 fully saturated rings. The molecule has 1 aromatic heterocycles. The molecule has 0 aliphatic carbocycles. The highest BCUT2D eigenvalue weighted by atomic mass is 16.5. The van der Waals surface area contributed by atoms with Gasteiger partial charge in [0.05, 0.1) is 12.7 Å². The maximum absolute atomic E-state index is 11.2. The summed E-state index contributed by atoms with van der Waals surface area (Å²) in [6.45, 7) is 1.80. The molecule has 2 N–H and O–H groups in total. The number of aryl methyl sites for hydroxylation is 1. The van der Waals surface area contributed by atoms with Gasteiger partial charge < -0.3 is 10.5 Å². The topological polar surface area (TPSA) is 65.2 Å². The minimum absolute atomic E-state index is 0.337. The van der Waals surface area contributed by atoms with E-state index in [-0.39, 0.29) is 5.97 Å². The molecule has 0 spiro atoms. The largest absolute Gasteiger partial charge is 0.465 e. The summed E-state index contributed by atoms with van der Waals surface area (Å²) in [7, 11) is 3.15. The highest BCUT2D eigenvalue weighted by Gasteiger charge is 2.11. The van der Waals surface area contributed by atoms with E-state index >= 15 is 0 Å². The van der Waals surface area contributed by atoms with Crippen molar-refractivity contribution in [3.8, 4) is 0 Å². The third-order valence-corrected chi connectivity index (χ3v) is 1.94. The Balaban J connectivity index is 3.28. The van der Waals surface area contributed by atoms with E-state index in [9.17, 15) is 4.79 Å². The van der Waals surface area contributed by atoms with Crippen LogP contribution in [-0.2, 0) is 4.74 Å². The predicted octanol–water partition coefficient (Wildman–Crippen LogP) is -0.983. The molecule has 1 heterocycles. The number of aromatic nitrogens is 1. The quantitative estimate of drug-likeness (QED) is 0.443. The van der Waals surface area contributed by atoms with Crippen molar-refractivity contribution in [2.24, 2.45) is 0 Å². The molecule has 13 heavy (non-hydrogen) atoms. The monoisotopic (exact) mass is 178 g/mol. The van der Waals surface area contributed by atoms with Gasteiger partial charge in [0, 0.05) is 5.69 Å². The van der Waals surface area contributed by atoms with Crippen molar-refractivity contribution in [1.29, 1.82) is 0 Å². The number of carbonyl (C=O) groups is 1. The smallest absolute Gasteiger partial charge is 0.337 e. The molecule has 0 saturated heterocycles. The van der Waals surface area contributed by atoms with E-state index in [0.29, 0.717) is 11.4 Å². The van der Waals surface area contributed by atoms with E-state index in [1.54, 1.807) is 6.92 Å². The third-order valence-electron chi connectivity index (χ3n) is 1.94. The Bertz CT molecular complexity index is 352. The normalized spacial score (nSPS) is 9.69. The van der Waals surface area contributed by atoms with E-state index in [0.717, 1.165) is 11.2 Å². The number of pyridine rings is 1. The van der Waals surface area contributed by atoms with Crippen LogP contribution < -0.4 is 11.2 Å². The standard InChI is InChI=1S/C8H11BN2O2/c1-4-7(9)5(8(12)13-2)3-6(10)11-4/h3H,9H2,1-2H3,(H2,10,11). The molecule has 0 unspecified atom stereocenters. The van der Waals surface area contributed by atoms with Crippen LogP contribution in [0.4, 0.5) is 5.82 Å². The van der Waals surface area contributed by atoms with Crippen LogP contribution in [0.25, 0.3) is 0 Å². The predicted molar refractivity (Wildman–Crippen MR) is 52.9 cm³/mol. The average molecular weight is 178 g/mol. The van der Waals surface area contributed by atoms with Gasteiger partial charge in [-0.25, -0.2) is 9.78 Å². The first-order valence-corrected chi connectivity index (χ1v) is 3.88. The summed E-state index contributed by atoms with van der Waals surface area (Å²) in [6.07, 6.45) is 0. The first kappa shape index (κ1) is 9.57. The minimum Gasteiger partial charge on any atom is -0.465 e. The molecule has 0 radical (unpaired) electrons. The van der Waals surface area contributed by atoms with Gasteiger partial charge in [0.15, 0.2) is 0 Å². The van der Waals surface area contributed by atoms with E-state index in [1.165, 1.54) is 13.2 Å². The Morgan fingerprint density at radius 3 is 2.85 bits per heavy atom. The Labute approximate surface area is 77.5 Å². The summed E-state index contributed by atoms with van der Waals surface area (Å²) in [5.41, 5.74) is 7.54. The van der Waals surface area contributed by atoms with Crippen LogP contribution in [0.1, 0.15) is 16.1 Å². The molecular weight excluding hydrogens is 167 g/mol. The van der Waals surface area contributed by atoms with Crippen LogP contribution in [0.15, 0.2) is 6.07 Å². The summed E-state index contributed by atoms with van der Waals surface area (Å²) in [4.78, 5) is 15.3. The summed E-state index contributed by atoms with van der Waals surface area (Å²) < 4.78 is 4.60. The van der Waals surface area contributed by atoms with Crippen molar-refractivity contribution in [2.45, 2.75) is 6.92 Å². The second-order valence-electron chi connectivity index (χ2n) is 2.80. The lowest BCUT2D eigenvalue weighted by Crippen LogP contribution is -2.22. The molecule has 0 aromatic carbocycles. The molecule has 68 valence electrons. The van der Waals surface area contributed by atoms with Gasteiger partial charge in [-0.2, -0.15) is 0 Å². The van der Waals surface area contributed by atoms with Crippen LogP contribution in [-0.4, -0.2) is 25.9 Å². The van der Waals surface area contributed by atoms with E-state index in [4.69, 9.17) is 5.73 Å². The van der Waals surface area contributed by atoms with Crippen LogP contribution >= 0.6 is 0 Å². The number of methoxy groups -OCH3 is 1. The fourth-order valence-corrected chi connectivity index (χ4v) is 1.08. The van der Waals surface area contributed by atoms with E-state index in [2.05, 4.69) is 9.72 Å². The maximum atomic E-state index is 11.2. The van der Waals surface area contributed by atoms with Crippen molar-refractivity contribution in [2.75, 3.05) is 12.8 Å². The van der Waals surface area contributed by atoms with Gasteiger partial charge in [-0.3, -0.25) is 0 Å². The number of anilines is 1. The Hall–Kier alpha value is -1.52. The first-order valence-electron chi connectivity index (χ1n) is 3.88. The second kappa shape index (κ2) is 3.47. The number of hydrogen-bond donors (Lipinski definition) is 1. The molecule has 4 nitrogen and oxygen atoms in total. The van der Waals surface area contributed by atoms with Gasteiger partial charge >= 0.3 is 5.97 Å². The third kappa shape index (κ3) is 1.80. The molecule has 1 rings (SSSR count). The highest BCUT2D eigenvalue weighted by Crippen LogP contribution is 2.04. The number of rotatable bonds is 1. The van der Waals surface area contributed by atoms with Gasteiger partial charge in [-0.1, -0.05) is 5.46 Å². The van der Waals surface area contributed by atoms with Gasteiger partial charge in [0.25, 0.3) is 0 Å². The molecule has 0 bridgehead atoms. The van der Waals surface area contributed by atoms with Gasteiger partial charge in [-0.15, -0.1) is 0 Å². The molecule has 5 heteroatoms. The van der Waals surface area contributed by atoms with Crippen molar-refractivity contribution < 1.29 is 9.53 Å². The minimum atomic E-state index is -0.380. The van der Waals surface area contributed by atoms with Gasteiger partial charge in [0.2, 0.25) is 0 Å². The highest BCUT2D eigenvalue weighted by molar-refractivity contribution is 6.37. The van der Waals surface area contributed by atoms with Crippen molar-refractivity contribution in [1.82, 2.24) is 4.98 Å². The van der Waals surface area contributed by atoms with Crippen molar-refractivity contribution in [3.63, 3.8) is 0 Å². The molecule has 0 aliphatic rings. The number of carbonyl (C=O) groups excluding carboxylic acids is 1. The fraction of sp³-hybridized carbons (Fsp3) is 0.250. The molecular formula is C8H11BN2O2. The Morgan fingerprint density at radius 2 is 2.31 bits per heavy atom. The van der Waals surface area contributed by atoms with Crippen LogP contribution in [0.3, 0.4) is 0 Å². The SMILES string of the molecule is Bc1c(C(=O)OC)cc(N)nc1C. The zero-order chi connectivity index (χ0) is 10.0. The van der Waals surface area contributed by atoms with Crippen LogP contribution in [0, 0.1) is 6.92 Å². The first-order chi connectivity index (χ1) is 6.06. The van der Waals surface area contributed by atoms with E-state index < -0.39 is 0 Å². The van der Waals surface area contributed by atoms with Crippen LogP contribution in [0.2, 0.25) is 0 Å². The van der Waals surface area contributed by atoms with Crippen molar-refractivity contribution >= 4 is 25.1 Å². The second-order valence-corrected chi connectivity index (χ2v) is 2.80. The number of nitrogens with two attached hydrogens (primary N) is 1. The zero-order valence-electron chi connectivity index (χ0n) is 7.92. The summed E-state index contributed by atoms with van der Waals surface area (Å²) in [5.74, 6) is -0.0433. The van der Waals surface area contributed by atoms with E-state index in [1.807, 2.05) is 7.85 Å². The Morgan fingerprint density at radius 1 is 1.69 bits per heavy atom. The maximum Gasteiger partial charge on any atom is 0.337 e. The number of hydrogen-bond acceptors (Lipinski definition) is 4. The van der Waals surface area contributed by atoms with Crippen LogP contribution in [0.5, 0.6) is 0 Å². The van der Waals surface area contributed by atoms with Crippen molar-refractivity contribution in [3.05, 3.63) is 17.3 Å². The summed E-state index contributed by atoms with van der Waals surface area (Å²) in [6, 6.07) is 1.52. The number of nitrogens with zero attached hydrogens (tertiary/aromatic N) is 1. The van der Waals surface area contributed by atoms with Gasteiger partial charge in [-0.05, 0) is 13.0 Å². The number of esters is 1. The average Bonchev–Trinajstić information content (AvgIpc) is 2.10. The summed E-state index contributed by atoms with van der Waals surface area (Å²) >= 11 is 0. The Kier molecular flexibility index (Phi) is 2.56. The molecule has 0 atom stereocenters. The number of nitrogen functional groups attached to an aromatic ring is 1. The number of ether oxygens (including phenoxy) is 1. The fourth-order valence-electron chi connectivity index (χ4n) is 1.08. The molecule has 1 aromatic rings. The lowest BCUT2D eigenvalue weighted by Gasteiger charge is -2.07. The lowest BCUT2D eigenvalue weighted by molar-refractivity contribution is 0.0602. The molecule has 0 saturated carbocycles.